The van der Waals surface area contributed by atoms with Gasteiger partial charge < -0.3 is 14.7 Å². The molecule has 96 valence electrons. The fourth-order valence-corrected chi connectivity index (χ4v) is 1.86. The Balaban J connectivity index is 2.47. The first-order valence-corrected chi connectivity index (χ1v) is 6.61. The molecule has 2 aromatic rings. The minimum Gasteiger partial charge on any atom is -0.458 e. The largest absolute Gasteiger partial charge is 0.458 e. The van der Waals surface area contributed by atoms with Crippen molar-refractivity contribution in [3.05, 3.63) is 22.1 Å². The number of rotatable bonds is 3. The normalized spacial score (nSPS) is 11.1. The lowest BCUT2D eigenvalue weighted by atomic mass is 10.3. The maximum atomic E-state index is 11.7. The van der Waals surface area contributed by atoms with Crippen molar-refractivity contribution in [1.29, 1.82) is 0 Å². The number of nitrogens with one attached hydrogen (secondary N) is 2. The fraction of sp³-hybridized carbons (Fsp3) is 0.364. The second-order valence-electron chi connectivity index (χ2n) is 3.97. The topological polar surface area (TPSA) is 87.8 Å². The number of aromatic amines is 2. The van der Waals surface area contributed by atoms with Gasteiger partial charge in [-0.1, -0.05) is 11.8 Å². The van der Waals surface area contributed by atoms with Crippen LogP contribution in [0.2, 0.25) is 0 Å². The summed E-state index contributed by atoms with van der Waals surface area (Å²) in [6.45, 7) is 3.52. The first-order chi connectivity index (χ1) is 8.51. The van der Waals surface area contributed by atoms with Crippen molar-refractivity contribution in [3.63, 3.8) is 0 Å². The van der Waals surface area contributed by atoms with Crippen molar-refractivity contribution < 1.29 is 9.53 Å². The van der Waals surface area contributed by atoms with Gasteiger partial charge in [0.15, 0.2) is 5.16 Å². The number of fused-ring (bicyclic) bond motifs is 1. The standard InChI is InChI=1S/C11H13N3O3S/c1-5(2)17-10(16)7-4-6-8(12-7)13-11(18-3)14-9(6)15/h4-5H,1-3H3,(H2,12,13,14,15). The third-order valence-electron chi connectivity index (χ3n) is 2.23. The highest BCUT2D eigenvalue weighted by atomic mass is 32.2. The van der Waals surface area contributed by atoms with Gasteiger partial charge in [-0.05, 0) is 26.2 Å². The quantitative estimate of drug-likeness (QED) is 0.500. The Morgan fingerprint density at radius 2 is 2.17 bits per heavy atom. The third kappa shape index (κ3) is 2.40. The molecule has 0 radical (unpaired) electrons. The number of carbonyl (C=O) groups excluding carboxylic acids is 1. The van der Waals surface area contributed by atoms with E-state index in [-0.39, 0.29) is 17.4 Å². The molecule has 0 aliphatic heterocycles. The highest BCUT2D eigenvalue weighted by molar-refractivity contribution is 7.98. The van der Waals surface area contributed by atoms with Gasteiger partial charge in [0.1, 0.15) is 11.3 Å². The Kier molecular flexibility index (Phi) is 3.42. The zero-order chi connectivity index (χ0) is 13.3. The lowest BCUT2D eigenvalue weighted by Gasteiger charge is -2.05. The smallest absolute Gasteiger partial charge is 0.355 e. The van der Waals surface area contributed by atoms with Crippen LogP contribution >= 0.6 is 11.8 Å². The van der Waals surface area contributed by atoms with Crippen LogP contribution in [0.15, 0.2) is 16.0 Å². The SMILES string of the molecule is CSc1nc2[nH]c(C(=O)OC(C)C)cc2c(=O)[nH]1. The van der Waals surface area contributed by atoms with E-state index in [1.807, 2.05) is 0 Å². The minimum atomic E-state index is -0.492. The number of thioether (sulfide) groups is 1. The average molecular weight is 267 g/mol. The van der Waals surface area contributed by atoms with Gasteiger partial charge >= 0.3 is 5.97 Å². The molecule has 0 spiro atoms. The first-order valence-electron chi connectivity index (χ1n) is 5.39. The van der Waals surface area contributed by atoms with Gasteiger partial charge in [0.25, 0.3) is 5.56 Å². The molecule has 0 amide bonds. The molecule has 0 unspecified atom stereocenters. The second-order valence-corrected chi connectivity index (χ2v) is 4.77. The number of ether oxygens (including phenoxy) is 1. The van der Waals surface area contributed by atoms with Crippen LogP contribution in [0, 0.1) is 0 Å². The molecule has 0 aliphatic rings. The van der Waals surface area contributed by atoms with Crippen LogP contribution in [-0.2, 0) is 4.74 Å². The van der Waals surface area contributed by atoms with Gasteiger partial charge in [0.05, 0.1) is 11.5 Å². The molecule has 2 aromatic heterocycles. The lowest BCUT2D eigenvalue weighted by Crippen LogP contribution is -2.11. The highest BCUT2D eigenvalue weighted by Gasteiger charge is 2.15. The number of nitrogens with zero attached hydrogens (tertiary/aromatic N) is 1. The predicted molar refractivity (Wildman–Crippen MR) is 69.0 cm³/mol. The van der Waals surface area contributed by atoms with Crippen molar-refractivity contribution in [2.75, 3.05) is 6.26 Å². The Morgan fingerprint density at radius 1 is 1.44 bits per heavy atom. The minimum absolute atomic E-state index is 0.211. The highest BCUT2D eigenvalue weighted by Crippen LogP contribution is 2.14. The van der Waals surface area contributed by atoms with E-state index in [0.717, 1.165) is 0 Å². The van der Waals surface area contributed by atoms with Crippen LogP contribution in [0.5, 0.6) is 0 Å². The molecule has 0 aromatic carbocycles. The Morgan fingerprint density at radius 3 is 2.78 bits per heavy atom. The molecule has 0 saturated heterocycles. The monoisotopic (exact) mass is 267 g/mol. The molecular weight excluding hydrogens is 254 g/mol. The van der Waals surface area contributed by atoms with E-state index in [0.29, 0.717) is 16.2 Å². The summed E-state index contributed by atoms with van der Waals surface area (Å²) < 4.78 is 5.05. The summed E-state index contributed by atoms with van der Waals surface area (Å²) in [5.74, 6) is -0.492. The average Bonchev–Trinajstić information content (AvgIpc) is 2.72. The number of carbonyl (C=O) groups is 1. The summed E-state index contributed by atoms with van der Waals surface area (Å²) >= 11 is 1.32. The van der Waals surface area contributed by atoms with E-state index in [1.54, 1.807) is 20.1 Å². The Bertz CT molecular complexity index is 645. The second kappa shape index (κ2) is 4.85. The van der Waals surface area contributed by atoms with Gasteiger partial charge in [-0.15, -0.1) is 0 Å². The van der Waals surface area contributed by atoms with Crippen molar-refractivity contribution >= 4 is 28.8 Å². The number of hydrogen-bond donors (Lipinski definition) is 2. The molecule has 0 fully saturated rings. The zero-order valence-electron chi connectivity index (χ0n) is 10.2. The van der Waals surface area contributed by atoms with Gasteiger partial charge in [-0.3, -0.25) is 4.79 Å². The zero-order valence-corrected chi connectivity index (χ0v) is 11.1. The molecule has 0 saturated carbocycles. The van der Waals surface area contributed by atoms with Gasteiger partial charge in [-0.2, -0.15) is 0 Å². The lowest BCUT2D eigenvalue weighted by molar-refractivity contribution is 0.0372. The molecule has 18 heavy (non-hydrogen) atoms. The van der Waals surface area contributed by atoms with Crippen molar-refractivity contribution in [2.45, 2.75) is 25.1 Å². The van der Waals surface area contributed by atoms with Crippen molar-refractivity contribution in [2.24, 2.45) is 0 Å². The number of hydrogen-bond acceptors (Lipinski definition) is 5. The number of H-pyrrole nitrogens is 2. The fourth-order valence-electron chi connectivity index (χ4n) is 1.48. The molecule has 0 atom stereocenters. The van der Waals surface area contributed by atoms with Gasteiger partial charge in [0, 0.05) is 0 Å². The molecule has 2 N–H and O–H groups in total. The van der Waals surface area contributed by atoms with Crippen LogP contribution in [0.1, 0.15) is 24.3 Å². The van der Waals surface area contributed by atoms with Gasteiger partial charge in [-0.25, -0.2) is 9.78 Å². The molecule has 2 heterocycles. The summed E-state index contributed by atoms with van der Waals surface area (Å²) in [7, 11) is 0. The molecule has 0 bridgehead atoms. The van der Waals surface area contributed by atoms with E-state index in [4.69, 9.17) is 4.74 Å². The summed E-state index contributed by atoms with van der Waals surface area (Å²) in [4.78, 5) is 33.0. The molecule has 7 heteroatoms. The van der Waals surface area contributed by atoms with E-state index < -0.39 is 5.97 Å². The van der Waals surface area contributed by atoms with Crippen LogP contribution in [0.4, 0.5) is 0 Å². The van der Waals surface area contributed by atoms with E-state index in [1.165, 1.54) is 17.8 Å². The number of aromatic nitrogens is 3. The molecule has 2 rings (SSSR count). The van der Waals surface area contributed by atoms with Crippen LogP contribution in [0.3, 0.4) is 0 Å². The Hall–Kier alpha value is -1.76. The maximum absolute atomic E-state index is 11.7. The molecule has 0 aliphatic carbocycles. The van der Waals surface area contributed by atoms with Crippen molar-refractivity contribution in [3.8, 4) is 0 Å². The predicted octanol–water partition coefficient (Wildman–Crippen LogP) is 1.54. The Labute approximate surface area is 107 Å². The van der Waals surface area contributed by atoms with Crippen molar-refractivity contribution in [1.82, 2.24) is 15.0 Å². The van der Waals surface area contributed by atoms with E-state index in [9.17, 15) is 9.59 Å². The molecule has 6 nitrogen and oxygen atoms in total. The summed E-state index contributed by atoms with van der Waals surface area (Å²) in [5.41, 5.74) is 0.345. The molecular formula is C11H13N3O3S. The van der Waals surface area contributed by atoms with Crippen LogP contribution in [-0.4, -0.2) is 33.3 Å². The van der Waals surface area contributed by atoms with E-state index in [2.05, 4.69) is 15.0 Å². The third-order valence-corrected chi connectivity index (χ3v) is 2.81. The van der Waals surface area contributed by atoms with E-state index >= 15 is 0 Å². The van der Waals surface area contributed by atoms with Gasteiger partial charge in [0.2, 0.25) is 0 Å². The van der Waals surface area contributed by atoms with Crippen LogP contribution < -0.4 is 5.56 Å². The van der Waals surface area contributed by atoms with Crippen LogP contribution in [0.25, 0.3) is 11.0 Å². The summed E-state index contributed by atoms with van der Waals surface area (Å²) in [6, 6.07) is 1.45. The first kappa shape index (κ1) is 12.7. The maximum Gasteiger partial charge on any atom is 0.355 e. The summed E-state index contributed by atoms with van der Waals surface area (Å²) in [6.07, 6.45) is 1.60. The number of esters is 1. The summed E-state index contributed by atoms with van der Waals surface area (Å²) in [5, 5.41) is 0.849.